The number of nitrogen functional groups attached to an aromatic ring is 1. The number of hydrogen-bond donors (Lipinski definition) is 2. The Hall–Kier alpha value is -3.13. The molecule has 1 aliphatic rings. The van der Waals surface area contributed by atoms with Gasteiger partial charge in [-0.15, -0.1) is 5.10 Å². The first kappa shape index (κ1) is 16.1. The van der Waals surface area contributed by atoms with Crippen LogP contribution < -0.4 is 11.1 Å². The van der Waals surface area contributed by atoms with E-state index in [-0.39, 0.29) is 5.95 Å². The molecule has 3 aromatic heterocycles. The molecule has 1 aromatic carbocycles. The fraction of sp³-hybridized carbons (Fsp3) is 0.316. The minimum atomic E-state index is 0.245. The van der Waals surface area contributed by atoms with Gasteiger partial charge in [0.05, 0.1) is 5.69 Å². The number of fused-ring (bicyclic) bond motifs is 2. The van der Waals surface area contributed by atoms with Crippen molar-refractivity contribution in [1.29, 1.82) is 0 Å². The van der Waals surface area contributed by atoms with E-state index in [1.165, 1.54) is 0 Å². The molecule has 27 heavy (non-hydrogen) atoms. The third-order valence-electron chi connectivity index (χ3n) is 5.04. The standard InChI is InChI=1S/C19H20N6O2/c1-11-14-3-2-12(10-16(14)27-24-11)15-4-5-17(21-13-6-8-26-9-7-13)25-18(15)22-19(20)23-25/h2-5,10,13,21H,6-9H2,1H3,(H2,20,23). The van der Waals surface area contributed by atoms with Gasteiger partial charge in [-0.25, -0.2) is 0 Å². The highest BCUT2D eigenvalue weighted by molar-refractivity contribution is 5.88. The van der Waals surface area contributed by atoms with Gasteiger partial charge in [-0.05, 0) is 49.6 Å². The zero-order valence-corrected chi connectivity index (χ0v) is 15.0. The van der Waals surface area contributed by atoms with Crippen molar-refractivity contribution < 1.29 is 9.26 Å². The molecule has 0 radical (unpaired) electrons. The molecule has 0 atom stereocenters. The van der Waals surface area contributed by atoms with E-state index in [2.05, 4.69) is 20.6 Å². The molecular weight excluding hydrogens is 344 g/mol. The third-order valence-corrected chi connectivity index (χ3v) is 5.04. The van der Waals surface area contributed by atoms with E-state index in [1.54, 1.807) is 4.52 Å². The van der Waals surface area contributed by atoms with Crippen LogP contribution in [0.2, 0.25) is 0 Å². The lowest BCUT2D eigenvalue weighted by Crippen LogP contribution is -2.28. The van der Waals surface area contributed by atoms with Crippen LogP contribution in [0.15, 0.2) is 34.9 Å². The zero-order chi connectivity index (χ0) is 18.4. The van der Waals surface area contributed by atoms with Gasteiger partial charge in [0.25, 0.3) is 0 Å². The Balaban J connectivity index is 1.59. The molecule has 1 fully saturated rings. The van der Waals surface area contributed by atoms with Crippen LogP contribution in [-0.4, -0.2) is 39.0 Å². The number of nitrogens with zero attached hydrogens (tertiary/aromatic N) is 4. The highest BCUT2D eigenvalue weighted by atomic mass is 16.5. The van der Waals surface area contributed by atoms with Gasteiger partial charge in [0.2, 0.25) is 5.95 Å². The van der Waals surface area contributed by atoms with E-state index in [0.29, 0.717) is 11.7 Å². The van der Waals surface area contributed by atoms with Crippen LogP contribution in [0.4, 0.5) is 11.8 Å². The lowest BCUT2D eigenvalue weighted by Gasteiger charge is -2.24. The fourth-order valence-corrected chi connectivity index (χ4v) is 3.59. The number of benzene rings is 1. The van der Waals surface area contributed by atoms with Gasteiger partial charge >= 0.3 is 0 Å². The van der Waals surface area contributed by atoms with Crippen molar-refractivity contribution in [2.45, 2.75) is 25.8 Å². The molecule has 0 spiro atoms. The summed E-state index contributed by atoms with van der Waals surface area (Å²) in [7, 11) is 0. The Bertz CT molecular complexity index is 1130. The van der Waals surface area contributed by atoms with Crippen molar-refractivity contribution in [3.8, 4) is 11.1 Å². The largest absolute Gasteiger partial charge is 0.381 e. The summed E-state index contributed by atoms with van der Waals surface area (Å²) >= 11 is 0. The highest BCUT2D eigenvalue weighted by Gasteiger charge is 2.18. The predicted octanol–water partition coefficient (Wildman–Crippen LogP) is 3.02. The van der Waals surface area contributed by atoms with E-state index < -0.39 is 0 Å². The molecule has 3 N–H and O–H groups in total. The second kappa shape index (κ2) is 6.24. The second-order valence-electron chi connectivity index (χ2n) is 6.85. The molecule has 5 rings (SSSR count). The Morgan fingerprint density at radius 1 is 1.19 bits per heavy atom. The second-order valence-corrected chi connectivity index (χ2v) is 6.85. The van der Waals surface area contributed by atoms with E-state index in [0.717, 1.165) is 59.7 Å². The molecule has 0 unspecified atom stereocenters. The first-order valence-electron chi connectivity index (χ1n) is 9.05. The Labute approximate surface area is 155 Å². The summed E-state index contributed by atoms with van der Waals surface area (Å²) in [5.74, 6) is 1.12. The van der Waals surface area contributed by atoms with Crippen molar-refractivity contribution in [3.05, 3.63) is 36.0 Å². The number of anilines is 2. The highest BCUT2D eigenvalue weighted by Crippen LogP contribution is 2.30. The van der Waals surface area contributed by atoms with Crippen LogP contribution in [0, 0.1) is 6.92 Å². The van der Waals surface area contributed by atoms with Gasteiger partial charge in [0.1, 0.15) is 5.82 Å². The third kappa shape index (κ3) is 2.78. The number of aryl methyl sites for hydroxylation is 1. The van der Waals surface area contributed by atoms with Gasteiger partial charge in [-0.1, -0.05) is 11.2 Å². The number of rotatable bonds is 3. The topological polar surface area (TPSA) is 104 Å². The van der Waals surface area contributed by atoms with Crippen LogP contribution >= 0.6 is 0 Å². The van der Waals surface area contributed by atoms with Crippen LogP contribution in [0.1, 0.15) is 18.5 Å². The average Bonchev–Trinajstić information content (AvgIpc) is 3.25. The molecule has 1 saturated heterocycles. The van der Waals surface area contributed by atoms with Crippen molar-refractivity contribution in [2.24, 2.45) is 0 Å². The maximum Gasteiger partial charge on any atom is 0.240 e. The van der Waals surface area contributed by atoms with Crippen molar-refractivity contribution in [1.82, 2.24) is 19.8 Å². The van der Waals surface area contributed by atoms with E-state index >= 15 is 0 Å². The maximum absolute atomic E-state index is 5.91. The zero-order valence-electron chi connectivity index (χ0n) is 15.0. The molecule has 138 valence electrons. The van der Waals surface area contributed by atoms with Gasteiger partial charge in [0.15, 0.2) is 11.2 Å². The lowest BCUT2D eigenvalue weighted by molar-refractivity contribution is 0.0903. The SMILES string of the molecule is Cc1noc2cc(-c3ccc(NC4CCOCC4)n4nc(N)nc34)ccc12. The van der Waals surface area contributed by atoms with Gasteiger partial charge in [0, 0.05) is 30.2 Å². The molecule has 8 nitrogen and oxygen atoms in total. The maximum atomic E-state index is 5.91. The minimum absolute atomic E-state index is 0.245. The summed E-state index contributed by atoms with van der Waals surface area (Å²) < 4.78 is 12.6. The number of nitrogens with two attached hydrogens (primary N) is 1. The first-order chi connectivity index (χ1) is 13.2. The smallest absolute Gasteiger partial charge is 0.240 e. The molecular formula is C19H20N6O2. The van der Waals surface area contributed by atoms with Crippen molar-refractivity contribution >= 4 is 28.4 Å². The van der Waals surface area contributed by atoms with Crippen LogP contribution in [-0.2, 0) is 4.74 Å². The lowest BCUT2D eigenvalue weighted by atomic mass is 10.0. The molecule has 0 saturated carbocycles. The predicted molar refractivity (Wildman–Crippen MR) is 103 cm³/mol. The minimum Gasteiger partial charge on any atom is -0.381 e. The molecule has 8 heteroatoms. The summed E-state index contributed by atoms with van der Waals surface area (Å²) in [6, 6.07) is 10.4. The van der Waals surface area contributed by atoms with Gasteiger partial charge in [-0.2, -0.15) is 9.50 Å². The summed E-state index contributed by atoms with van der Waals surface area (Å²) in [6.07, 6.45) is 1.93. The molecule has 4 aromatic rings. The number of pyridine rings is 1. The molecule has 0 amide bonds. The average molecular weight is 364 g/mol. The van der Waals surface area contributed by atoms with E-state index in [1.807, 2.05) is 37.3 Å². The molecule has 1 aliphatic heterocycles. The number of nitrogens with one attached hydrogen (secondary N) is 1. The monoisotopic (exact) mass is 364 g/mol. The summed E-state index contributed by atoms with van der Waals surface area (Å²) in [5, 5.41) is 13.0. The Kier molecular flexibility index (Phi) is 3.71. The number of hydrogen-bond acceptors (Lipinski definition) is 7. The fourth-order valence-electron chi connectivity index (χ4n) is 3.59. The Morgan fingerprint density at radius 3 is 2.89 bits per heavy atom. The van der Waals surface area contributed by atoms with Crippen LogP contribution in [0.5, 0.6) is 0 Å². The van der Waals surface area contributed by atoms with E-state index in [4.69, 9.17) is 15.0 Å². The summed E-state index contributed by atoms with van der Waals surface area (Å²) in [6.45, 7) is 3.48. The summed E-state index contributed by atoms with van der Waals surface area (Å²) in [4.78, 5) is 4.45. The van der Waals surface area contributed by atoms with E-state index in [9.17, 15) is 0 Å². The molecule has 0 bridgehead atoms. The van der Waals surface area contributed by atoms with Crippen LogP contribution in [0.25, 0.3) is 27.7 Å². The van der Waals surface area contributed by atoms with Crippen molar-refractivity contribution in [3.63, 3.8) is 0 Å². The van der Waals surface area contributed by atoms with Crippen molar-refractivity contribution in [2.75, 3.05) is 24.3 Å². The van der Waals surface area contributed by atoms with Gasteiger partial charge < -0.3 is 20.3 Å². The summed E-state index contributed by atoms with van der Waals surface area (Å²) in [5.41, 5.74) is 10.2. The number of ether oxygens (including phenoxy) is 1. The van der Waals surface area contributed by atoms with Gasteiger partial charge in [-0.3, -0.25) is 0 Å². The normalized spacial score (nSPS) is 15.6. The quantitative estimate of drug-likeness (QED) is 0.576. The molecule has 4 heterocycles. The number of aromatic nitrogens is 4. The molecule has 0 aliphatic carbocycles. The Morgan fingerprint density at radius 2 is 2.04 bits per heavy atom. The first-order valence-corrected chi connectivity index (χ1v) is 9.05. The van der Waals surface area contributed by atoms with Crippen LogP contribution in [0.3, 0.4) is 0 Å².